The molecule has 1 saturated carbocycles. The van der Waals surface area contributed by atoms with Crippen molar-refractivity contribution in [2.75, 3.05) is 13.1 Å². The summed E-state index contributed by atoms with van der Waals surface area (Å²) in [6.07, 6.45) is -2.44. The van der Waals surface area contributed by atoms with Crippen molar-refractivity contribution in [2.45, 2.75) is 29.0 Å². The van der Waals surface area contributed by atoms with Crippen LogP contribution in [-0.4, -0.2) is 90.9 Å². The van der Waals surface area contributed by atoms with E-state index in [9.17, 15) is 19.8 Å². The second kappa shape index (κ2) is 10.1. The lowest BCUT2D eigenvalue weighted by molar-refractivity contribution is -0.0560. The number of amides is 2. The third-order valence-corrected chi connectivity index (χ3v) is 12.5. The maximum atomic E-state index is 13.1. The number of aliphatic imine (C=N–C) groups is 2. The van der Waals surface area contributed by atoms with Gasteiger partial charge in [0.05, 0.1) is 23.5 Å². The topological polar surface area (TPSA) is 222 Å². The number of hydrogen-bond acceptors (Lipinski definition) is 10. The predicted molar refractivity (Wildman–Crippen MR) is 163 cm³/mol. The highest BCUT2D eigenvalue weighted by atomic mass is 79.9. The highest BCUT2D eigenvalue weighted by molar-refractivity contribution is 9.13. The van der Waals surface area contributed by atoms with Crippen LogP contribution in [-0.2, 0) is 0 Å². The normalized spacial score (nSPS) is 35.0. The molecule has 2 amide bonds. The molecule has 2 aromatic rings. The molecule has 8 atom stereocenters. The number of alkyl halides is 1. The number of aromatic amines is 2. The Hall–Kier alpha value is -1.83. The van der Waals surface area contributed by atoms with Crippen molar-refractivity contribution in [1.29, 1.82) is 0 Å². The number of aromatic nitrogens is 2. The van der Waals surface area contributed by atoms with Crippen LogP contribution in [0.2, 0.25) is 0 Å². The number of halogens is 5. The molecular weight excluding hydrogens is 823 g/mol. The molecule has 41 heavy (non-hydrogen) atoms. The molecular formula is C22H23Br4ClN10O4. The first-order valence-corrected chi connectivity index (χ1v) is 15.8. The van der Waals surface area contributed by atoms with Gasteiger partial charge in [0.15, 0.2) is 30.0 Å². The fourth-order valence-electron chi connectivity index (χ4n) is 6.75. The second-order valence-electron chi connectivity index (χ2n) is 10.3. The first-order valence-electron chi connectivity index (χ1n) is 12.2. The molecule has 2 fully saturated rings. The summed E-state index contributed by atoms with van der Waals surface area (Å²) >= 11 is 20.6. The Morgan fingerprint density at radius 1 is 1.00 bits per heavy atom. The van der Waals surface area contributed by atoms with Gasteiger partial charge in [0.1, 0.15) is 16.9 Å². The molecule has 6 rings (SSSR count). The van der Waals surface area contributed by atoms with Gasteiger partial charge in [-0.15, -0.1) is 11.6 Å². The first-order chi connectivity index (χ1) is 19.3. The largest absolute Gasteiger partial charge is 0.370 e. The summed E-state index contributed by atoms with van der Waals surface area (Å²) in [5, 5.41) is 31.1. The van der Waals surface area contributed by atoms with Crippen LogP contribution in [0.5, 0.6) is 0 Å². The number of nitrogens with one attached hydrogen (secondary N) is 5. The molecule has 3 aliphatic heterocycles. The lowest BCUT2D eigenvalue weighted by Gasteiger charge is -2.39. The van der Waals surface area contributed by atoms with Crippen LogP contribution in [0.1, 0.15) is 21.0 Å². The number of aliphatic hydroxyl groups is 2. The zero-order chi connectivity index (χ0) is 29.6. The Morgan fingerprint density at radius 3 is 2.05 bits per heavy atom. The van der Waals surface area contributed by atoms with Crippen LogP contribution in [0.3, 0.4) is 0 Å². The number of H-pyrrole nitrogens is 2. The molecule has 5 heterocycles. The number of carbonyl (C=O) groups excluding carboxylic acids is 2. The Morgan fingerprint density at radius 2 is 1.54 bits per heavy atom. The van der Waals surface area contributed by atoms with Gasteiger partial charge < -0.3 is 52.5 Å². The lowest BCUT2D eigenvalue weighted by atomic mass is 9.77. The van der Waals surface area contributed by atoms with E-state index in [0.29, 0.717) is 23.8 Å². The highest BCUT2D eigenvalue weighted by Crippen LogP contribution is 2.63. The molecule has 0 bridgehead atoms. The molecule has 220 valence electrons. The molecule has 1 aliphatic carbocycles. The maximum absolute atomic E-state index is 13.1. The minimum atomic E-state index is -1.80. The van der Waals surface area contributed by atoms with Crippen molar-refractivity contribution in [3.05, 3.63) is 41.7 Å². The number of nitrogens with zero attached hydrogens (tertiary/aromatic N) is 3. The van der Waals surface area contributed by atoms with Crippen molar-refractivity contribution in [2.24, 2.45) is 39.2 Å². The average Bonchev–Trinajstić information content (AvgIpc) is 3.67. The molecule has 11 N–H and O–H groups in total. The Labute approximate surface area is 271 Å². The van der Waals surface area contributed by atoms with Gasteiger partial charge >= 0.3 is 0 Å². The number of nitrogens with two attached hydrogens (primary N) is 2. The van der Waals surface area contributed by atoms with Crippen LogP contribution in [0.4, 0.5) is 0 Å². The van der Waals surface area contributed by atoms with Gasteiger partial charge in [0.25, 0.3) is 11.8 Å². The van der Waals surface area contributed by atoms with Gasteiger partial charge in [-0.05, 0) is 81.8 Å². The van der Waals surface area contributed by atoms with Crippen molar-refractivity contribution >= 4 is 99.1 Å². The number of aliphatic hydroxyl groups excluding tert-OH is 1. The van der Waals surface area contributed by atoms with Crippen LogP contribution in [0.25, 0.3) is 0 Å². The minimum Gasteiger partial charge on any atom is -0.370 e. The van der Waals surface area contributed by atoms with Crippen molar-refractivity contribution in [1.82, 2.24) is 30.8 Å². The summed E-state index contributed by atoms with van der Waals surface area (Å²) in [5.41, 5.74) is 9.60. The number of fused-ring (bicyclic) bond motifs is 3. The first kappa shape index (κ1) is 29.3. The smallest absolute Gasteiger partial charge is 0.267 e. The third-order valence-electron chi connectivity index (χ3n) is 8.26. The minimum absolute atomic E-state index is 0.0138. The van der Waals surface area contributed by atoms with E-state index in [-0.39, 0.29) is 30.7 Å². The Kier molecular flexibility index (Phi) is 7.22. The van der Waals surface area contributed by atoms with Crippen LogP contribution in [0, 0.1) is 17.8 Å². The van der Waals surface area contributed by atoms with E-state index >= 15 is 0 Å². The van der Waals surface area contributed by atoms with Gasteiger partial charge in [-0.1, -0.05) is 0 Å². The van der Waals surface area contributed by atoms with Gasteiger partial charge in [0.2, 0.25) is 0 Å². The fourth-order valence-corrected chi connectivity index (χ4v) is 8.69. The van der Waals surface area contributed by atoms with Crippen LogP contribution < -0.4 is 27.4 Å². The molecule has 19 heteroatoms. The second-order valence-corrected chi connectivity index (χ2v) is 14.0. The number of hydrogen-bond donors (Lipinski definition) is 9. The van der Waals surface area contributed by atoms with Crippen molar-refractivity contribution < 1.29 is 19.8 Å². The molecule has 1 spiro atoms. The summed E-state index contributed by atoms with van der Waals surface area (Å²) in [6, 6.07) is 3.24. The van der Waals surface area contributed by atoms with Crippen molar-refractivity contribution in [3.63, 3.8) is 0 Å². The summed E-state index contributed by atoms with van der Waals surface area (Å²) in [5.74, 6) is -2.97. The quantitative estimate of drug-likeness (QED) is 0.188. The van der Waals surface area contributed by atoms with E-state index < -0.39 is 58.6 Å². The van der Waals surface area contributed by atoms with Gasteiger partial charge in [-0.3, -0.25) is 9.59 Å². The van der Waals surface area contributed by atoms with E-state index in [2.05, 4.69) is 99.6 Å². The fraction of sp³-hybridized carbons (Fsp3) is 0.455. The monoisotopic (exact) mass is 842 g/mol. The maximum Gasteiger partial charge on any atom is 0.267 e. The molecule has 2 aromatic heterocycles. The van der Waals surface area contributed by atoms with Crippen LogP contribution in [0.15, 0.2) is 40.3 Å². The Bertz CT molecular complexity index is 1480. The highest BCUT2D eigenvalue weighted by Gasteiger charge is 2.82. The summed E-state index contributed by atoms with van der Waals surface area (Å²) < 4.78 is 2.54. The van der Waals surface area contributed by atoms with Gasteiger partial charge in [-0.2, -0.15) is 0 Å². The summed E-state index contributed by atoms with van der Waals surface area (Å²) in [6.45, 7) is 0.0527. The van der Waals surface area contributed by atoms with E-state index in [0.717, 1.165) is 0 Å². The van der Waals surface area contributed by atoms with E-state index in [1.807, 2.05) is 0 Å². The van der Waals surface area contributed by atoms with Crippen molar-refractivity contribution in [3.8, 4) is 0 Å². The molecule has 0 radical (unpaired) electrons. The predicted octanol–water partition coefficient (Wildman–Crippen LogP) is 0.656. The molecule has 1 saturated heterocycles. The van der Waals surface area contributed by atoms with Crippen LogP contribution >= 0.6 is 75.3 Å². The Balaban J connectivity index is 1.35. The van der Waals surface area contributed by atoms with Gasteiger partial charge in [-0.25, -0.2) is 9.98 Å². The summed E-state index contributed by atoms with van der Waals surface area (Å²) in [7, 11) is 0. The molecule has 0 aromatic carbocycles. The molecule has 14 nitrogen and oxygen atoms in total. The molecule has 1 unspecified atom stereocenters. The molecule has 4 aliphatic rings. The zero-order valence-corrected chi connectivity index (χ0v) is 27.7. The number of carbonyl (C=O) groups is 2. The lowest BCUT2D eigenvalue weighted by Crippen LogP contribution is -2.61. The van der Waals surface area contributed by atoms with Gasteiger partial charge in [0, 0.05) is 24.9 Å². The summed E-state index contributed by atoms with van der Waals surface area (Å²) in [4.78, 5) is 42.1. The van der Waals surface area contributed by atoms with E-state index in [1.165, 1.54) is 4.90 Å². The van der Waals surface area contributed by atoms with E-state index in [4.69, 9.17) is 23.1 Å². The zero-order valence-electron chi connectivity index (χ0n) is 20.6. The number of rotatable bonds is 6. The van der Waals surface area contributed by atoms with E-state index in [1.54, 1.807) is 12.1 Å². The average molecular weight is 847 g/mol. The number of guanidine groups is 2. The standard InChI is InChI=1S/C22H23Br4ClN10O4/c23-7-1-9(32-13(7)25)15(38)30-3-5-6(4-31-16(39)10-2-8(24)14(26)33-10)12(27)21-11(5)22(41)17(34-19(28)36-22)37(21)20(29)35-18(21)40/h1-2,5-6,11-12,17-18,32-33,40-41H,3-4H2,(H2,29,35)(H,30,38)(H,31,39)(H3,28,34,36)/t5-,6-,11+,12+,17?,18+,21+,22+/m0/s1. The SMILES string of the molecule is NC1=NC2N3C(N)=N[C@H](O)[C@@]34[C@H](Cl)[C@@H](CNC(=O)c3cc(Br)c(Br)[nH]3)[C@H](CNC(=O)c3cc(Br)c(Br)[nH]3)[C@H]4[C@]2(O)N1. The third kappa shape index (κ3) is 4.19.